The second kappa shape index (κ2) is 9.75. The number of amides is 1. The van der Waals surface area contributed by atoms with Gasteiger partial charge in [0.1, 0.15) is 24.4 Å². The van der Waals surface area contributed by atoms with Gasteiger partial charge in [-0.15, -0.1) is 5.10 Å². The highest BCUT2D eigenvalue weighted by molar-refractivity contribution is 6.01. The lowest BCUT2D eigenvalue weighted by atomic mass is 10.1. The van der Waals surface area contributed by atoms with Crippen LogP contribution in [0, 0.1) is 0 Å². The molecule has 0 spiro atoms. The number of benzene rings is 2. The molecular weight excluding hydrogens is 392 g/mol. The van der Waals surface area contributed by atoms with E-state index in [9.17, 15) is 4.79 Å². The number of carbonyl (C=O) groups excluding carboxylic acids is 1. The lowest BCUT2D eigenvalue weighted by Gasteiger charge is -2.05. The number of furan rings is 1. The summed E-state index contributed by atoms with van der Waals surface area (Å²) in [4.78, 5) is 16.6. The van der Waals surface area contributed by atoms with Crippen LogP contribution in [0.25, 0.3) is 0 Å². The lowest BCUT2D eigenvalue weighted by Crippen LogP contribution is -2.12. The number of carbonyl (C=O) groups is 1. The van der Waals surface area contributed by atoms with Gasteiger partial charge in [-0.1, -0.05) is 55.8 Å². The van der Waals surface area contributed by atoms with Gasteiger partial charge in [-0.2, -0.15) is 0 Å². The van der Waals surface area contributed by atoms with Crippen molar-refractivity contribution in [2.75, 3.05) is 5.32 Å². The molecule has 31 heavy (non-hydrogen) atoms. The summed E-state index contributed by atoms with van der Waals surface area (Å²) in [7, 11) is 0. The van der Waals surface area contributed by atoms with Gasteiger partial charge in [0.15, 0.2) is 5.76 Å². The highest BCUT2D eigenvalue weighted by Gasteiger charge is 2.14. The summed E-state index contributed by atoms with van der Waals surface area (Å²) in [6.45, 7) is 2.97. The zero-order valence-corrected chi connectivity index (χ0v) is 17.3. The molecule has 0 atom stereocenters. The normalized spacial score (nSPS) is 10.7. The monoisotopic (exact) mass is 416 g/mol. The lowest BCUT2D eigenvalue weighted by molar-refractivity contribution is 0.0991. The molecule has 1 N–H and O–H groups in total. The first-order valence-corrected chi connectivity index (χ1v) is 10.2. The largest absolute Gasteiger partial charge is 0.486 e. The van der Waals surface area contributed by atoms with E-state index in [1.807, 2.05) is 42.5 Å². The van der Waals surface area contributed by atoms with Gasteiger partial charge in [-0.25, -0.2) is 9.67 Å². The topological polar surface area (TPSA) is 82.2 Å². The predicted octanol–water partition coefficient (Wildman–Crippen LogP) is 4.70. The quantitative estimate of drug-likeness (QED) is 0.428. The number of anilines is 1. The van der Waals surface area contributed by atoms with Crippen LogP contribution in [0.2, 0.25) is 0 Å². The number of nitrogens with one attached hydrogen (secondary N) is 1. The standard InChI is InChI=1S/C24H24N4O3/c1-2-6-18-9-11-20(12-10-18)30-16-21-13-14-22(31-21)23(29)26-24-25-17-28(27-24)15-19-7-4-3-5-8-19/h3-5,7-14,17H,2,6,15-16H2,1H3,(H,26,27,29). The molecule has 4 aromatic rings. The molecule has 0 saturated carbocycles. The van der Waals surface area contributed by atoms with Crippen molar-refractivity contribution in [3.8, 4) is 5.75 Å². The molecule has 0 saturated heterocycles. The van der Waals surface area contributed by atoms with Gasteiger partial charge in [0, 0.05) is 0 Å². The number of hydrogen-bond acceptors (Lipinski definition) is 5. The van der Waals surface area contributed by atoms with E-state index in [1.54, 1.807) is 23.1 Å². The van der Waals surface area contributed by atoms with Gasteiger partial charge in [0.05, 0.1) is 6.54 Å². The van der Waals surface area contributed by atoms with Gasteiger partial charge in [0.2, 0.25) is 5.95 Å². The Kier molecular flexibility index (Phi) is 6.42. The zero-order chi connectivity index (χ0) is 21.5. The Bertz CT molecular complexity index is 1120. The number of aryl methyl sites for hydroxylation is 1. The summed E-state index contributed by atoms with van der Waals surface area (Å²) in [5.74, 6) is 1.31. The molecule has 0 fully saturated rings. The average Bonchev–Trinajstić information content (AvgIpc) is 3.44. The maximum atomic E-state index is 12.4. The summed E-state index contributed by atoms with van der Waals surface area (Å²) in [5.41, 5.74) is 2.38. The van der Waals surface area contributed by atoms with Crippen LogP contribution in [0.4, 0.5) is 5.95 Å². The van der Waals surface area contributed by atoms with E-state index >= 15 is 0 Å². The van der Waals surface area contributed by atoms with Crippen molar-refractivity contribution in [3.63, 3.8) is 0 Å². The molecule has 158 valence electrons. The number of rotatable bonds is 9. The molecule has 7 nitrogen and oxygen atoms in total. The van der Waals surface area contributed by atoms with Gasteiger partial charge < -0.3 is 9.15 Å². The van der Waals surface area contributed by atoms with Crippen molar-refractivity contribution in [2.45, 2.75) is 32.9 Å². The number of aromatic nitrogens is 3. The first-order chi connectivity index (χ1) is 15.2. The molecule has 0 unspecified atom stereocenters. The smallest absolute Gasteiger partial charge is 0.293 e. The molecule has 0 radical (unpaired) electrons. The van der Waals surface area contributed by atoms with Crippen molar-refractivity contribution < 1.29 is 13.9 Å². The molecule has 4 rings (SSSR count). The molecule has 0 bridgehead atoms. The SMILES string of the molecule is CCCc1ccc(OCc2ccc(C(=O)Nc3ncn(Cc4ccccc4)n3)o2)cc1. The maximum Gasteiger partial charge on any atom is 0.293 e. The van der Waals surface area contributed by atoms with Crippen LogP contribution in [0.15, 0.2) is 77.5 Å². The summed E-state index contributed by atoms with van der Waals surface area (Å²) in [5, 5.41) is 6.93. The van der Waals surface area contributed by atoms with E-state index in [0.717, 1.165) is 24.2 Å². The minimum atomic E-state index is -0.410. The molecule has 0 aliphatic carbocycles. The predicted molar refractivity (Wildman–Crippen MR) is 117 cm³/mol. The third kappa shape index (κ3) is 5.60. The Hall–Kier alpha value is -3.87. The second-order valence-electron chi connectivity index (χ2n) is 7.15. The Balaban J connectivity index is 1.30. The first-order valence-electron chi connectivity index (χ1n) is 10.2. The highest BCUT2D eigenvalue weighted by atomic mass is 16.5. The van der Waals surface area contributed by atoms with Crippen molar-refractivity contribution in [1.82, 2.24) is 14.8 Å². The van der Waals surface area contributed by atoms with E-state index in [4.69, 9.17) is 9.15 Å². The molecule has 2 heterocycles. The van der Waals surface area contributed by atoms with Gasteiger partial charge >= 0.3 is 0 Å². The molecule has 2 aromatic carbocycles. The van der Waals surface area contributed by atoms with E-state index in [2.05, 4.69) is 34.5 Å². The fourth-order valence-electron chi connectivity index (χ4n) is 3.13. The first kappa shape index (κ1) is 20.4. The van der Waals surface area contributed by atoms with Gasteiger partial charge in [0.25, 0.3) is 5.91 Å². The summed E-state index contributed by atoms with van der Waals surface area (Å²) in [6, 6.07) is 21.2. The Morgan fingerprint density at radius 3 is 2.61 bits per heavy atom. The molecule has 2 aromatic heterocycles. The molecule has 0 aliphatic rings. The fraction of sp³-hybridized carbons (Fsp3) is 0.208. The van der Waals surface area contributed by atoms with Crippen LogP contribution in [0.3, 0.4) is 0 Å². The van der Waals surface area contributed by atoms with Gasteiger partial charge in [-0.05, 0) is 41.8 Å². The van der Waals surface area contributed by atoms with Crippen molar-refractivity contribution >= 4 is 11.9 Å². The van der Waals surface area contributed by atoms with E-state index in [0.29, 0.717) is 12.3 Å². The summed E-state index contributed by atoms with van der Waals surface area (Å²) < 4.78 is 13.0. The van der Waals surface area contributed by atoms with Crippen molar-refractivity contribution in [3.05, 3.63) is 95.7 Å². The summed E-state index contributed by atoms with van der Waals surface area (Å²) >= 11 is 0. The number of hydrogen-bond donors (Lipinski definition) is 1. The Morgan fingerprint density at radius 2 is 1.84 bits per heavy atom. The maximum absolute atomic E-state index is 12.4. The highest BCUT2D eigenvalue weighted by Crippen LogP contribution is 2.17. The van der Waals surface area contributed by atoms with E-state index < -0.39 is 5.91 Å². The molecular formula is C24H24N4O3. The minimum absolute atomic E-state index is 0.177. The number of nitrogens with zero attached hydrogens (tertiary/aromatic N) is 3. The Labute approximate surface area is 180 Å². The van der Waals surface area contributed by atoms with E-state index in [1.165, 1.54) is 5.56 Å². The molecule has 0 aliphatic heterocycles. The van der Waals surface area contributed by atoms with Crippen LogP contribution < -0.4 is 10.1 Å². The second-order valence-corrected chi connectivity index (χ2v) is 7.15. The van der Waals surface area contributed by atoms with Gasteiger partial charge in [-0.3, -0.25) is 10.1 Å². The minimum Gasteiger partial charge on any atom is -0.486 e. The Morgan fingerprint density at radius 1 is 1.03 bits per heavy atom. The van der Waals surface area contributed by atoms with Crippen LogP contribution in [-0.2, 0) is 19.6 Å². The third-order valence-electron chi connectivity index (χ3n) is 4.68. The molecule has 7 heteroatoms. The van der Waals surface area contributed by atoms with Crippen molar-refractivity contribution in [1.29, 1.82) is 0 Å². The van der Waals surface area contributed by atoms with E-state index in [-0.39, 0.29) is 18.3 Å². The van der Waals surface area contributed by atoms with Crippen LogP contribution in [-0.4, -0.2) is 20.7 Å². The number of ether oxygens (including phenoxy) is 1. The van der Waals surface area contributed by atoms with Crippen LogP contribution in [0.1, 0.15) is 40.8 Å². The molecule has 1 amide bonds. The van der Waals surface area contributed by atoms with Crippen LogP contribution >= 0.6 is 0 Å². The zero-order valence-electron chi connectivity index (χ0n) is 17.3. The van der Waals surface area contributed by atoms with Crippen LogP contribution in [0.5, 0.6) is 5.75 Å². The average molecular weight is 416 g/mol. The third-order valence-corrected chi connectivity index (χ3v) is 4.68. The fourth-order valence-corrected chi connectivity index (χ4v) is 3.13. The summed E-state index contributed by atoms with van der Waals surface area (Å²) in [6.07, 6.45) is 3.74. The van der Waals surface area contributed by atoms with Crippen molar-refractivity contribution in [2.24, 2.45) is 0 Å².